The average molecular weight is 386 g/mol. The van der Waals surface area contributed by atoms with Gasteiger partial charge in [0.25, 0.3) is 0 Å². The Bertz CT molecular complexity index is 940. The van der Waals surface area contributed by atoms with E-state index in [1.54, 1.807) is 11.3 Å². The molecule has 4 saturated carbocycles. The first-order chi connectivity index (χ1) is 12.7. The Morgan fingerprint density at radius 2 is 1.65 bits per heavy atom. The summed E-state index contributed by atoms with van der Waals surface area (Å²) in [6, 6.07) is 7.69. The van der Waals surface area contributed by atoms with E-state index in [2.05, 4.69) is 15.5 Å². The van der Waals surface area contributed by atoms with E-state index in [4.69, 9.17) is 16.7 Å². The van der Waals surface area contributed by atoms with Crippen molar-refractivity contribution >= 4 is 38.7 Å². The van der Waals surface area contributed by atoms with E-state index in [0.29, 0.717) is 0 Å². The van der Waals surface area contributed by atoms with Gasteiger partial charge in [-0.05, 0) is 80.5 Å². The molecule has 1 aromatic carbocycles. The van der Waals surface area contributed by atoms with Gasteiger partial charge in [-0.15, -0.1) is 15.3 Å². The van der Waals surface area contributed by atoms with E-state index in [9.17, 15) is 0 Å². The Morgan fingerprint density at radius 1 is 1.00 bits per heavy atom. The Morgan fingerprint density at radius 3 is 2.31 bits per heavy atom. The molecule has 7 heteroatoms. The average Bonchev–Trinajstić information content (AvgIpc) is 3.15. The molecule has 4 bridgehead atoms. The SMILES string of the molecule is Clc1ccc(Nc2nn3c(C45CC6CC(CC(C6)C4)C5)nnc3s2)cc1. The van der Waals surface area contributed by atoms with Gasteiger partial charge in [0.2, 0.25) is 10.1 Å². The van der Waals surface area contributed by atoms with E-state index in [1.165, 1.54) is 38.5 Å². The van der Waals surface area contributed by atoms with Crippen LogP contribution in [0.3, 0.4) is 0 Å². The van der Waals surface area contributed by atoms with Crippen molar-refractivity contribution in [3.05, 3.63) is 35.1 Å². The molecule has 4 fully saturated rings. The van der Waals surface area contributed by atoms with Gasteiger partial charge in [-0.2, -0.15) is 4.52 Å². The number of fused-ring (bicyclic) bond motifs is 1. The van der Waals surface area contributed by atoms with Gasteiger partial charge in [0.15, 0.2) is 5.82 Å². The lowest BCUT2D eigenvalue weighted by atomic mass is 9.49. The van der Waals surface area contributed by atoms with E-state index in [-0.39, 0.29) is 5.41 Å². The second kappa shape index (κ2) is 5.42. The summed E-state index contributed by atoms with van der Waals surface area (Å²) in [5, 5.41) is 18.8. The lowest BCUT2D eigenvalue weighted by molar-refractivity contribution is -0.0103. The van der Waals surface area contributed by atoms with Crippen molar-refractivity contribution in [2.75, 3.05) is 5.32 Å². The van der Waals surface area contributed by atoms with Crippen LogP contribution in [0.2, 0.25) is 5.02 Å². The highest BCUT2D eigenvalue weighted by atomic mass is 35.5. The molecule has 2 aromatic heterocycles. The molecule has 0 saturated heterocycles. The molecule has 3 aromatic rings. The summed E-state index contributed by atoms with van der Waals surface area (Å²) >= 11 is 7.52. The van der Waals surface area contributed by atoms with Gasteiger partial charge in [0.05, 0.1) is 0 Å². The highest BCUT2D eigenvalue weighted by Crippen LogP contribution is 2.60. The van der Waals surface area contributed by atoms with Crippen molar-refractivity contribution in [3.8, 4) is 0 Å². The van der Waals surface area contributed by atoms with E-state index >= 15 is 0 Å². The van der Waals surface area contributed by atoms with Crippen LogP contribution in [0.4, 0.5) is 10.8 Å². The standard InChI is InChI=1S/C19H20ClN5S/c20-14-1-3-15(4-2-14)21-17-24-25-16(22-23-18(25)26-17)19-8-11-5-12(9-19)7-13(6-11)10-19/h1-4,11-13H,5-10H2,(H,21,24). The van der Waals surface area contributed by atoms with Crippen LogP contribution >= 0.6 is 22.9 Å². The minimum absolute atomic E-state index is 0.208. The fourth-order valence-electron chi connectivity index (χ4n) is 6.04. The van der Waals surface area contributed by atoms with Crippen molar-refractivity contribution in [2.45, 2.75) is 43.9 Å². The fraction of sp³-hybridized carbons (Fsp3) is 0.526. The number of hydrogen-bond acceptors (Lipinski definition) is 5. The molecule has 0 spiro atoms. The molecule has 0 aliphatic heterocycles. The third-order valence-corrected chi connectivity index (χ3v) is 7.67. The van der Waals surface area contributed by atoms with Crippen molar-refractivity contribution in [1.82, 2.24) is 19.8 Å². The third kappa shape index (κ3) is 2.31. The topological polar surface area (TPSA) is 55.1 Å². The highest BCUT2D eigenvalue weighted by molar-refractivity contribution is 7.20. The number of nitrogens with zero attached hydrogens (tertiary/aromatic N) is 4. The van der Waals surface area contributed by atoms with Gasteiger partial charge in [0, 0.05) is 16.1 Å². The molecule has 26 heavy (non-hydrogen) atoms. The Kier molecular flexibility index (Phi) is 3.21. The number of halogens is 1. The van der Waals surface area contributed by atoms with E-state index in [1.807, 2.05) is 28.8 Å². The molecule has 134 valence electrons. The van der Waals surface area contributed by atoms with Crippen LogP contribution in [0, 0.1) is 17.8 Å². The van der Waals surface area contributed by atoms with E-state index < -0.39 is 0 Å². The predicted molar refractivity (Wildman–Crippen MR) is 103 cm³/mol. The summed E-state index contributed by atoms with van der Waals surface area (Å²) in [4.78, 5) is 0.882. The minimum Gasteiger partial charge on any atom is -0.330 e. The highest BCUT2D eigenvalue weighted by Gasteiger charge is 2.54. The van der Waals surface area contributed by atoms with Gasteiger partial charge in [-0.1, -0.05) is 22.9 Å². The third-order valence-electron chi connectivity index (χ3n) is 6.60. The minimum atomic E-state index is 0.208. The number of nitrogens with one attached hydrogen (secondary N) is 1. The molecule has 0 unspecified atom stereocenters. The van der Waals surface area contributed by atoms with Crippen LogP contribution in [-0.2, 0) is 5.41 Å². The van der Waals surface area contributed by atoms with E-state index in [0.717, 1.165) is 44.4 Å². The maximum absolute atomic E-state index is 5.97. The number of anilines is 2. The van der Waals surface area contributed by atoms with Crippen LogP contribution < -0.4 is 5.32 Å². The molecule has 5 nitrogen and oxygen atoms in total. The van der Waals surface area contributed by atoms with Crippen LogP contribution in [0.15, 0.2) is 24.3 Å². The molecule has 2 heterocycles. The fourth-order valence-corrected chi connectivity index (χ4v) is 6.93. The van der Waals surface area contributed by atoms with Gasteiger partial charge in [-0.3, -0.25) is 0 Å². The normalized spacial score (nSPS) is 32.4. The number of aromatic nitrogens is 4. The quantitative estimate of drug-likeness (QED) is 0.685. The van der Waals surface area contributed by atoms with Gasteiger partial charge in [-0.25, -0.2) is 0 Å². The molecule has 1 N–H and O–H groups in total. The Balaban J connectivity index is 1.36. The maximum atomic E-state index is 5.97. The zero-order chi connectivity index (χ0) is 17.3. The molecule has 0 amide bonds. The summed E-state index contributed by atoms with van der Waals surface area (Å²) in [5.74, 6) is 3.77. The van der Waals surface area contributed by atoms with Crippen LogP contribution in [-0.4, -0.2) is 19.8 Å². The summed E-state index contributed by atoms with van der Waals surface area (Å²) in [6.07, 6.45) is 8.12. The zero-order valence-corrected chi connectivity index (χ0v) is 15.9. The molecule has 4 aliphatic rings. The van der Waals surface area contributed by atoms with Gasteiger partial charge >= 0.3 is 0 Å². The predicted octanol–water partition coefficient (Wildman–Crippen LogP) is 5.05. The molecular formula is C19H20ClN5S. The van der Waals surface area contributed by atoms with Gasteiger partial charge < -0.3 is 5.32 Å². The van der Waals surface area contributed by atoms with Crippen LogP contribution in [0.1, 0.15) is 44.3 Å². The first-order valence-corrected chi connectivity index (χ1v) is 10.6. The second-order valence-electron chi connectivity index (χ2n) is 8.45. The zero-order valence-electron chi connectivity index (χ0n) is 14.4. The molecular weight excluding hydrogens is 366 g/mol. The molecule has 0 radical (unpaired) electrons. The first-order valence-electron chi connectivity index (χ1n) is 9.42. The largest absolute Gasteiger partial charge is 0.330 e. The monoisotopic (exact) mass is 385 g/mol. The van der Waals surface area contributed by atoms with Crippen molar-refractivity contribution < 1.29 is 0 Å². The number of rotatable bonds is 3. The maximum Gasteiger partial charge on any atom is 0.236 e. The molecule has 7 rings (SSSR count). The lowest BCUT2D eigenvalue weighted by Crippen LogP contribution is -2.49. The number of hydrogen-bond donors (Lipinski definition) is 1. The second-order valence-corrected chi connectivity index (χ2v) is 9.85. The van der Waals surface area contributed by atoms with Crippen molar-refractivity contribution in [1.29, 1.82) is 0 Å². The molecule has 0 atom stereocenters. The summed E-state index contributed by atoms with van der Waals surface area (Å²) in [7, 11) is 0. The van der Waals surface area contributed by atoms with Crippen molar-refractivity contribution in [3.63, 3.8) is 0 Å². The Hall–Kier alpha value is -1.66. The smallest absolute Gasteiger partial charge is 0.236 e. The first kappa shape index (κ1) is 15.4. The summed E-state index contributed by atoms with van der Waals surface area (Å²) < 4.78 is 2.01. The summed E-state index contributed by atoms with van der Waals surface area (Å²) in [5.41, 5.74) is 1.19. The van der Waals surface area contributed by atoms with Crippen molar-refractivity contribution in [2.24, 2.45) is 17.8 Å². The number of benzene rings is 1. The van der Waals surface area contributed by atoms with Crippen LogP contribution in [0.25, 0.3) is 4.96 Å². The van der Waals surface area contributed by atoms with Gasteiger partial charge in [0.1, 0.15) is 0 Å². The Labute approximate surface area is 160 Å². The summed E-state index contributed by atoms with van der Waals surface area (Å²) in [6.45, 7) is 0. The molecule has 4 aliphatic carbocycles. The van der Waals surface area contributed by atoms with Crippen LogP contribution in [0.5, 0.6) is 0 Å². The lowest BCUT2D eigenvalue weighted by Gasteiger charge is -2.55.